The summed E-state index contributed by atoms with van der Waals surface area (Å²) in [7, 11) is 0. The molecule has 3 rings (SSSR count). The summed E-state index contributed by atoms with van der Waals surface area (Å²) in [6.45, 7) is 7.20. The molecule has 3 heteroatoms. The number of amides is 1. The molecule has 1 N–H and O–H groups in total. The number of aryl methyl sites for hydroxylation is 1. The van der Waals surface area contributed by atoms with Gasteiger partial charge in [-0.1, -0.05) is 55.0 Å². The van der Waals surface area contributed by atoms with Crippen LogP contribution in [0.15, 0.2) is 48.5 Å². The van der Waals surface area contributed by atoms with E-state index in [0.717, 1.165) is 17.7 Å². The average molecular weight is 351 g/mol. The summed E-state index contributed by atoms with van der Waals surface area (Å²) < 4.78 is 0. The molecule has 1 aliphatic rings. The Balaban J connectivity index is 1.48. The second kappa shape index (κ2) is 9.00. The average Bonchev–Trinajstić information content (AvgIpc) is 2.65. The van der Waals surface area contributed by atoms with E-state index in [0.29, 0.717) is 19.0 Å². The van der Waals surface area contributed by atoms with Crippen LogP contribution in [0, 0.1) is 6.92 Å². The summed E-state index contributed by atoms with van der Waals surface area (Å²) in [5.74, 6) is 0.0746. The van der Waals surface area contributed by atoms with Crippen molar-refractivity contribution in [2.24, 2.45) is 0 Å². The molecule has 138 valence electrons. The van der Waals surface area contributed by atoms with Gasteiger partial charge in [0.05, 0.1) is 6.42 Å². The highest BCUT2D eigenvalue weighted by Crippen LogP contribution is 2.19. The second-order valence-corrected chi connectivity index (χ2v) is 7.51. The summed E-state index contributed by atoms with van der Waals surface area (Å²) >= 11 is 0. The summed E-state index contributed by atoms with van der Waals surface area (Å²) in [6.07, 6.45) is 4.43. The summed E-state index contributed by atoms with van der Waals surface area (Å²) in [5.41, 5.74) is 4.77. The summed E-state index contributed by atoms with van der Waals surface area (Å²) in [4.78, 5) is 14.8. The van der Waals surface area contributed by atoms with Crippen LogP contribution < -0.4 is 5.32 Å². The van der Waals surface area contributed by atoms with Gasteiger partial charge in [-0.25, -0.2) is 0 Å². The number of likely N-dealkylation sites (tertiary alicyclic amines) is 1. The normalized spacial score (nSPS) is 17.8. The van der Waals surface area contributed by atoms with E-state index in [-0.39, 0.29) is 5.91 Å². The number of piperidine rings is 1. The molecule has 1 aliphatic heterocycles. The number of hydrogen-bond donors (Lipinski definition) is 1. The molecule has 2 aromatic carbocycles. The van der Waals surface area contributed by atoms with Gasteiger partial charge in [0.1, 0.15) is 0 Å². The smallest absolute Gasteiger partial charge is 0.224 e. The molecule has 1 fully saturated rings. The Hall–Kier alpha value is -2.13. The van der Waals surface area contributed by atoms with Gasteiger partial charge in [0, 0.05) is 19.1 Å². The highest BCUT2D eigenvalue weighted by molar-refractivity contribution is 5.78. The van der Waals surface area contributed by atoms with Crippen LogP contribution in [-0.4, -0.2) is 23.4 Å². The van der Waals surface area contributed by atoms with Gasteiger partial charge in [0.15, 0.2) is 0 Å². The molecule has 0 radical (unpaired) electrons. The predicted octanol–water partition coefficient (Wildman–Crippen LogP) is 4.23. The zero-order valence-corrected chi connectivity index (χ0v) is 16.0. The lowest BCUT2D eigenvalue weighted by Crippen LogP contribution is -2.36. The Bertz CT molecular complexity index is 723. The van der Waals surface area contributed by atoms with Crippen molar-refractivity contribution in [3.63, 3.8) is 0 Å². The molecule has 0 aliphatic carbocycles. The van der Waals surface area contributed by atoms with Crippen LogP contribution in [0.4, 0.5) is 0 Å². The van der Waals surface area contributed by atoms with Crippen molar-refractivity contribution in [2.75, 3.05) is 6.54 Å². The van der Waals surface area contributed by atoms with Crippen LogP contribution in [0.1, 0.15) is 48.4 Å². The van der Waals surface area contributed by atoms with Crippen LogP contribution >= 0.6 is 0 Å². The first-order valence-electron chi connectivity index (χ1n) is 9.75. The maximum absolute atomic E-state index is 12.2. The van der Waals surface area contributed by atoms with Crippen LogP contribution in [0.3, 0.4) is 0 Å². The quantitative estimate of drug-likeness (QED) is 0.846. The fourth-order valence-electron chi connectivity index (χ4n) is 3.63. The van der Waals surface area contributed by atoms with Crippen molar-refractivity contribution in [3.05, 3.63) is 70.8 Å². The number of rotatable bonds is 6. The molecule has 1 unspecified atom stereocenters. The van der Waals surface area contributed by atoms with Gasteiger partial charge in [-0.15, -0.1) is 0 Å². The molecular formula is C23H30N2O. The molecule has 1 saturated heterocycles. The zero-order valence-electron chi connectivity index (χ0n) is 16.0. The fraction of sp³-hybridized carbons (Fsp3) is 0.435. The molecule has 1 amide bonds. The first-order valence-corrected chi connectivity index (χ1v) is 9.75. The molecule has 0 aromatic heterocycles. The molecular weight excluding hydrogens is 320 g/mol. The van der Waals surface area contributed by atoms with Crippen molar-refractivity contribution in [2.45, 2.75) is 58.7 Å². The molecule has 3 nitrogen and oxygen atoms in total. The van der Waals surface area contributed by atoms with Gasteiger partial charge in [0.2, 0.25) is 5.91 Å². The SMILES string of the molecule is Cc1ccccc1CC(=O)NCc1ccc(CN2CCCCC2C)cc1. The third-order valence-corrected chi connectivity index (χ3v) is 5.45. The van der Waals surface area contributed by atoms with Gasteiger partial charge in [-0.2, -0.15) is 0 Å². The second-order valence-electron chi connectivity index (χ2n) is 7.51. The lowest BCUT2D eigenvalue weighted by Gasteiger charge is -2.33. The number of carbonyl (C=O) groups is 1. The Morgan fingerprint density at radius 2 is 1.81 bits per heavy atom. The Morgan fingerprint density at radius 3 is 2.54 bits per heavy atom. The lowest BCUT2D eigenvalue weighted by molar-refractivity contribution is -0.120. The largest absolute Gasteiger partial charge is 0.352 e. The third kappa shape index (κ3) is 5.18. The highest BCUT2D eigenvalue weighted by Gasteiger charge is 2.17. The van der Waals surface area contributed by atoms with E-state index < -0.39 is 0 Å². The number of nitrogens with zero attached hydrogens (tertiary/aromatic N) is 1. The predicted molar refractivity (Wildman–Crippen MR) is 107 cm³/mol. The van der Waals surface area contributed by atoms with Crippen molar-refractivity contribution >= 4 is 5.91 Å². The van der Waals surface area contributed by atoms with Gasteiger partial charge in [-0.3, -0.25) is 9.69 Å². The summed E-state index contributed by atoms with van der Waals surface area (Å²) in [5, 5.41) is 3.03. The first kappa shape index (κ1) is 18.7. The van der Waals surface area contributed by atoms with Crippen LogP contribution in [0.25, 0.3) is 0 Å². The van der Waals surface area contributed by atoms with E-state index in [1.165, 1.54) is 36.9 Å². The summed E-state index contributed by atoms with van der Waals surface area (Å²) in [6, 6.07) is 17.4. The number of nitrogens with one attached hydrogen (secondary N) is 1. The minimum Gasteiger partial charge on any atom is -0.352 e. The van der Waals surface area contributed by atoms with Crippen LogP contribution in [-0.2, 0) is 24.3 Å². The topological polar surface area (TPSA) is 32.3 Å². The molecule has 1 heterocycles. The maximum Gasteiger partial charge on any atom is 0.224 e. The monoisotopic (exact) mass is 350 g/mol. The molecule has 26 heavy (non-hydrogen) atoms. The standard InChI is InChI=1S/C23H30N2O/c1-18-7-3-4-9-22(18)15-23(26)24-16-20-10-12-21(13-11-20)17-25-14-6-5-8-19(25)2/h3-4,7,9-13,19H,5-6,8,14-17H2,1-2H3,(H,24,26). The lowest BCUT2D eigenvalue weighted by atomic mass is 10.0. The minimum atomic E-state index is 0.0746. The molecule has 2 aromatic rings. The van der Waals surface area contributed by atoms with Gasteiger partial charge < -0.3 is 5.32 Å². The van der Waals surface area contributed by atoms with Crippen LogP contribution in [0.5, 0.6) is 0 Å². The number of benzene rings is 2. The fourth-order valence-corrected chi connectivity index (χ4v) is 3.63. The zero-order chi connectivity index (χ0) is 18.4. The van der Waals surface area contributed by atoms with E-state index in [9.17, 15) is 4.79 Å². The van der Waals surface area contributed by atoms with E-state index in [1.807, 2.05) is 31.2 Å². The maximum atomic E-state index is 12.2. The minimum absolute atomic E-state index is 0.0746. The van der Waals surface area contributed by atoms with E-state index in [4.69, 9.17) is 0 Å². The van der Waals surface area contributed by atoms with Crippen molar-refractivity contribution in [1.82, 2.24) is 10.2 Å². The van der Waals surface area contributed by atoms with E-state index >= 15 is 0 Å². The first-order chi connectivity index (χ1) is 12.6. The highest BCUT2D eigenvalue weighted by atomic mass is 16.1. The van der Waals surface area contributed by atoms with E-state index in [1.54, 1.807) is 0 Å². The molecule has 1 atom stereocenters. The van der Waals surface area contributed by atoms with Crippen molar-refractivity contribution < 1.29 is 4.79 Å². The Labute approximate surface area is 157 Å². The Morgan fingerprint density at radius 1 is 1.08 bits per heavy atom. The number of carbonyl (C=O) groups excluding carboxylic acids is 1. The third-order valence-electron chi connectivity index (χ3n) is 5.45. The number of hydrogen-bond acceptors (Lipinski definition) is 2. The van der Waals surface area contributed by atoms with E-state index in [2.05, 4.69) is 41.4 Å². The molecule has 0 bridgehead atoms. The van der Waals surface area contributed by atoms with Gasteiger partial charge in [-0.05, 0) is 55.5 Å². The van der Waals surface area contributed by atoms with Gasteiger partial charge >= 0.3 is 0 Å². The van der Waals surface area contributed by atoms with Gasteiger partial charge in [0.25, 0.3) is 0 Å². The van der Waals surface area contributed by atoms with Crippen molar-refractivity contribution in [3.8, 4) is 0 Å². The molecule has 0 saturated carbocycles. The van der Waals surface area contributed by atoms with Crippen LogP contribution in [0.2, 0.25) is 0 Å². The van der Waals surface area contributed by atoms with Crippen molar-refractivity contribution in [1.29, 1.82) is 0 Å². The molecule has 0 spiro atoms. The Kier molecular flexibility index (Phi) is 6.45.